The number of hydrogen-bond acceptors (Lipinski definition) is 4. The van der Waals surface area contributed by atoms with Crippen molar-refractivity contribution in [2.45, 2.75) is 6.42 Å². The van der Waals surface area contributed by atoms with Gasteiger partial charge in [0.15, 0.2) is 5.82 Å². The Morgan fingerprint density at radius 1 is 1.43 bits per heavy atom. The molecule has 1 aliphatic heterocycles. The van der Waals surface area contributed by atoms with Crippen molar-refractivity contribution in [2.24, 2.45) is 0 Å². The van der Waals surface area contributed by atoms with Gasteiger partial charge in [-0.05, 0) is 23.9 Å². The van der Waals surface area contributed by atoms with Gasteiger partial charge in [0.25, 0.3) is 0 Å². The third-order valence-corrected chi connectivity index (χ3v) is 3.36. The monoisotopic (exact) mass is 205 g/mol. The summed E-state index contributed by atoms with van der Waals surface area (Å²) in [6.45, 7) is 2.12. The molecule has 2 aromatic rings. The van der Waals surface area contributed by atoms with Crippen molar-refractivity contribution >= 4 is 27.2 Å². The molecule has 0 aliphatic carbocycles. The molecule has 3 rings (SSSR count). The minimum Gasteiger partial charge on any atom is -0.292 e. The van der Waals surface area contributed by atoms with Gasteiger partial charge in [-0.3, -0.25) is 5.01 Å². The number of hydrogen-bond donors (Lipinski definition) is 1. The minimum absolute atomic E-state index is 1.06. The zero-order valence-electron chi connectivity index (χ0n) is 7.73. The molecule has 14 heavy (non-hydrogen) atoms. The van der Waals surface area contributed by atoms with E-state index in [9.17, 15) is 0 Å². The molecule has 3 heterocycles. The summed E-state index contributed by atoms with van der Waals surface area (Å²) in [7, 11) is 0. The molecule has 3 nitrogen and oxygen atoms in total. The molecule has 4 heteroatoms. The number of pyridine rings is 1. The van der Waals surface area contributed by atoms with E-state index in [1.807, 2.05) is 6.20 Å². The van der Waals surface area contributed by atoms with Crippen LogP contribution < -0.4 is 10.4 Å². The number of nitrogens with zero attached hydrogens (tertiary/aromatic N) is 2. The highest BCUT2D eigenvalue weighted by Crippen LogP contribution is 2.28. The number of aromatic nitrogens is 1. The molecule has 1 N–H and O–H groups in total. The van der Waals surface area contributed by atoms with E-state index in [1.165, 1.54) is 16.5 Å². The summed E-state index contributed by atoms with van der Waals surface area (Å²) in [4.78, 5) is 4.43. The quantitative estimate of drug-likeness (QED) is 0.772. The van der Waals surface area contributed by atoms with E-state index in [-0.39, 0.29) is 0 Å². The highest BCUT2D eigenvalue weighted by atomic mass is 32.1. The van der Waals surface area contributed by atoms with Gasteiger partial charge in [0.1, 0.15) is 0 Å². The lowest BCUT2D eigenvalue weighted by Crippen LogP contribution is -2.31. The zero-order valence-corrected chi connectivity index (χ0v) is 8.55. The smallest absolute Gasteiger partial charge is 0.151 e. The first-order valence-electron chi connectivity index (χ1n) is 4.78. The normalized spacial score (nSPS) is 16.7. The maximum absolute atomic E-state index is 4.43. The van der Waals surface area contributed by atoms with Crippen LogP contribution in [0.4, 0.5) is 5.82 Å². The third-order valence-electron chi connectivity index (χ3n) is 2.48. The predicted molar refractivity (Wildman–Crippen MR) is 59.6 cm³/mol. The molecular weight excluding hydrogens is 194 g/mol. The third kappa shape index (κ3) is 1.19. The van der Waals surface area contributed by atoms with Gasteiger partial charge in [-0.1, -0.05) is 0 Å². The fourth-order valence-corrected chi connectivity index (χ4v) is 2.58. The second kappa shape index (κ2) is 3.22. The largest absolute Gasteiger partial charge is 0.292 e. The molecule has 1 fully saturated rings. The molecule has 0 spiro atoms. The fraction of sp³-hybridized carbons (Fsp3) is 0.300. The lowest BCUT2D eigenvalue weighted by molar-refractivity contribution is 0.778. The highest BCUT2D eigenvalue weighted by Gasteiger charge is 2.15. The molecular formula is C10H11N3S. The van der Waals surface area contributed by atoms with Crippen molar-refractivity contribution in [3.63, 3.8) is 0 Å². The van der Waals surface area contributed by atoms with Gasteiger partial charge in [0.2, 0.25) is 0 Å². The van der Waals surface area contributed by atoms with Gasteiger partial charge in [-0.2, -0.15) is 0 Å². The lowest BCUT2D eigenvalue weighted by atomic mass is 10.3. The Morgan fingerprint density at radius 3 is 3.29 bits per heavy atom. The zero-order chi connectivity index (χ0) is 9.38. The average Bonchev–Trinajstić information content (AvgIpc) is 2.88. The first-order valence-corrected chi connectivity index (χ1v) is 5.66. The predicted octanol–water partition coefficient (Wildman–Crippen LogP) is 2.01. The van der Waals surface area contributed by atoms with Crippen LogP contribution in [0.1, 0.15) is 6.42 Å². The standard InChI is InChI=1S/C10H11N3S/c1-4-12-13(6-1)10-8-3-7-14-9(8)2-5-11-10/h2-3,5,7,12H,1,4,6H2. The van der Waals surface area contributed by atoms with E-state index in [0.717, 1.165) is 18.9 Å². The maximum Gasteiger partial charge on any atom is 0.151 e. The Balaban J connectivity index is 2.14. The van der Waals surface area contributed by atoms with E-state index >= 15 is 0 Å². The minimum atomic E-state index is 1.06. The van der Waals surface area contributed by atoms with Crippen molar-refractivity contribution < 1.29 is 0 Å². The first kappa shape index (κ1) is 8.20. The SMILES string of the molecule is c1cc2sccc2c(N2CCCN2)n1. The fourth-order valence-electron chi connectivity index (χ4n) is 1.81. The summed E-state index contributed by atoms with van der Waals surface area (Å²) in [6.07, 6.45) is 3.08. The van der Waals surface area contributed by atoms with Gasteiger partial charge < -0.3 is 0 Å². The van der Waals surface area contributed by atoms with E-state index in [0.29, 0.717) is 0 Å². The Morgan fingerprint density at radius 2 is 2.43 bits per heavy atom. The molecule has 2 aromatic heterocycles. The van der Waals surface area contributed by atoms with Crippen LogP contribution in [0.25, 0.3) is 10.1 Å². The van der Waals surface area contributed by atoms with Crippen LogP contribution in [0.2, 0.25) is 0 Å². The van der Waals surface area contributed by atoms with Crippen LogP contribution in [0.3, 0.4) is 0 Å². The van der Waals surface area contributed by atoms with Crippen molar-refractivity contribution in [3.8, 4) is 0 Å². The van der Waals surface area contributed by atoms with Gasteiger partial charge in [0, 0.05) is 29.4 Å². The van der Waals surface area contributed by atoms with Crippen molar-refractivity contribution in [2.75, 3.05) is 18.1 Å². The van der Waals surface area contributed by atoms with Gasteiger partial charge >= 0.3 is 0 Å². The summed E-state index contributed by atoms with van der Waals surface area (Å²) < 4.78 is 1.31. The summed E-state index contributed by atoms with van der Waals surface area (Å²) in [5, 5.41) is 5.52. The number of thiophene rings is 1. The molecule has 0 atom stereocenters. The Bertz CT molecular complexity index is 445. The van der Waals surface area contributed by atoms with Crippen LogP contribution in [0.15, 0.2) is 23.7 Å². The number of hydrazine groups is 1. The van der Waals surface area contributed by atoms with Crippen LogP contribution in [-0.4, -0.2) is 18.1 Å². The number of nitrogens with one attached hydrogen (secondary N) is 1. The Labute approximate surface area is 86.3 Å². The van der Waals surface area contributed by atoms with Crippen LogP contribution in [0.5, 0.6) is 0 Å². The van der Waals surface area contributed by atoms with Crippen LogP contribution >= 0.6 is 11.3 Å². The average molecular weight is 205 g/mol. The van der Waals surface area contributed by atoms with Crippen molar-refractivity contribution in [3.05, 3.63) is 23.7 Å². The summed E-state index contributed by atoms with van der Waals surface area (Å²) in [5.74, 6) is 1.07. The number of fused-ring (bicyclic) bond motifs is 1. The highest BCUT2D eigenvalue weighted by molar-refractivity contribution is 7.17. The molecule has 0 aromatic carbocycles. The summed E-state index contributed by atoms with van der Waals surface area (Å²) >= 11 is 1.77. The van der Waals surface area contributed by atoms with Gasteiger partial charge in [-0.15, -0.1) is 11.3 Å². The van der Waals surface area contributed by atoms with E-state index in [4.69, 9.17) is 0 Å². The molecule has 0 amide bonds. The Kier molecular flexibility index (Phi) is 1.89. The van der Waals surface area contributed by atoms with Crippen molar-refractivity contribution in [1.29, 1.82) is 0 Å². The topological polar surface area (TPSA) is 28.2 Å². The molecule has 0 saturated carbocycles. The van der Waals surface area contributed by atoms with E-state index in [1.54, 1.807) is 11.3 Å². The summed E-state index contributed by atoms with van der Waals surface area (Å²) in [5.41, 5.74) is 3.33. The Hall–Kier alpha value is -1.13. The molecule has 0 bridgehead atoms. The second-order valence-corrected chi connectivity index (χ2v) is 4.33. The van der Waals surface area contributed by atoms with E-state index in [2.05, 4.69) is 32.9 Å². The molecule has 0 radical (unpaired) electrons. The second-order valence-electron chi connectivity index (χ2n) is 3.38. The van der Waals surface area contributed by atoms with Gasteiger partial charge in [0.05, 0.1) is 0 Å². The lowest BCUT2D eigenvalue weighted by Gasteiger charge is -2.16. The van der Waals surface area contributed by atoms with Gasteiger partial charge in [-0.25, -0.2) is 10.4 Å². The maximum atomic E-state index is 4.43. The molecule has 72 valence electrons. The number of anilines is 1. The van der Waals surface area contributed by atoms with Crippen molar-refractivity contribution in [1.82, 2.24) is 10.4 Å². The van der Waals surface area contributed by atoms with E-state index < -0.39 is 0 Å². The molecule has 0 unspecified atom stereocenters. The number of rotatable bonds is 1. The summed E-state index contributed by atoms with van der Waals surface area (Å²) in [6, 6.07) is 4.21. The molecule has 1 saturated heterocycles. The van der Waals surface area contributed by atoms with Crippen LogP contribution in [0, 0.1) is 0 Å². The molecule has 1 aliphatic rings. The van der Waals surface area contributed by atoms with Crippen LogP contribution in [-0.2, 0) is 0 Å². The first-order chi connectivity index (χ1) is 6.95.